The molecule has 0 amide bonds. The smallest absolute Gasteiger partial charge is 0.0755 e. The second-order valence-corrected chi connectivity index (χ2v) is 4.60. The van der Waals surface area contributed by atoms with Gasteiger partial charge in [-0.1, -0.05) is 0 Å². The van der Waals surface area contributed by atoms with E-state index in [0.29, 0.717) is 6.04 Å². The van der Waals surface area contributed by atoms with Crippen molar-refractivity contribution in [3.05, 3.63) is 24.3 Å². The molecule has 1 aliphatic heterocycles. The zero-order valence-electron chi connectivity index (χ0n) is 10.1. The van der Waals surface area contributed by atoms with E-state index in [0.717, 1.165) is 31.2 Å². The molecule has 1 aliphatic rings. The van der Waals surface area contributed by atoms with E-state index in [9.17, 15) is 0 Å². The summed E-state index contributed by atoms with van der Waals surface area (Å²) >= 11 is 0. The van der Waals surface area contributed by atoms with Crippen LogP contribution in [0, 0.1) is 5.92 Å². The molecule has 1 fully saturated rings. The highest BCUT2D eigenvalue weighted by molar-refractivity contribution is 5.01. The molecule has 0 spiro atoms. The maximum Gasteiger partial charge on any atom is 0.0755 e. The summed E-state index contributed by atoms with van der Waals surface area (Å²) < 4.78 is 0. The first-order chi connectivity index (χ1) is 7.77. The molecule has 2 rings (SSSR count). The average molecular weight is 220 g/mol. The van der Waals surface area contributed by atoms with Crippen LogP contribution in [0.1, 0.15) is 25.1 Å². The van der Waals surface area contributed by atoms with Crippen LogP contribution in [0.2, 0.25) is 0 Å². The molecule has 1 saturated heterocycles. The molecule has 4 nitrogen and oxygen atoms in total. The van der Waals surface area contributed by atoms with Gasteiger partial charge < -0.3 is 5.32 Å². The Morgan fingerprint density at radius 3 is 3.06 bits per heavy atom. The van der Waals surface area contributed by atoms with E-state index >= 15 is 0 Å². The van der Waals surface area contributed by atoms with E-state index < -0.39 is 0 Å². The quantitative estimate of drug-likeness (QED) is 0.824. The molecule has 4 heteroatoms. The van der Waals surface area contributed by atoms with Gasteiger partial charge in [-0.2, -0.15) is 0 Å². The van der Waals surface area contributed by atoms with Gasteiger partial charge >= 0.3 is 0 Å². The summed E-state index contributed by atoms with van der Waals surface area (Å²) in [7, 11) is 2.16. The van der Waals surface area contributed by atoms with Gasteiger partial charge in [-0.25, -0.2) is 0 Å². The van der Waals surface area contributed by atoms with E-state index in [1.54, 1.807) is 12.4 Å². The topological polar surface area (TPSA) is 41.1 Å². The van der Waals surface area contributed by atoms with Gasteiger partial charge in [0.25, 0.3) is 0 Å². The zero-order chi connectivity index (χ0) is 11.4. The fraction of sp³-hybridized carbons (Fsp3) is 0.667. The SMILES string of the molecule is C[C@@H](c1cnccn1)N(C)C[C@@H]1CCNC1. The van der Waals surface area contributed by atoms with Gasteiger partial charge in [0.15, 0.2) is 0 Å². The number of hydrogen-bond donors (Lipinski definition) is 1. The molecular weight excluding hydrogens is 200 g/mol. The largest absolute Gasteiger partial charge is 0.316 e. The first-order valence-electron chi connectivity index (χ1n) is 5.94. The van der Waals surface area contributed by atoms with Crippen LogP contribution in [0.15, 0.2) is 18.6 Å². The van der Waals surface area contributed by atoms with Crippen molar-refractivity contribution < 1.29 is 0 Å². The van der Waals surface area contributed by atoms with Crippen molar-refractivity contribution in [2.75, 3.05) is 26.7 Å². The lowest BCUT2D eigenvalue weighted by atomic mass is 10.1. The Bertz CT molecular complexity index is 308. The minimum absolute atomic E-state index is 0.342. The van der Waals surface area contributed by atoms with E-state index in [1.807, 2.05) is 6.20 Å². The van der Waals surface area contributed by atoms with Crippen molar-refractivity contribution in [3.8, 4) is 0 Å². The second kappa shape index (κ2) is 5.37. The Hall–Kier alpha value is -1.00. The number of nitrogens with one attached hydrogen (secondary N) is 1. The zero-order valence-corrected chi connectivity index (χ0v) is 10.1. The van der Waals surface area contributed by atoms with Crippen molar-refractivity contribution in [3.63, 3.8) is 0 Å². The van der Waals surface area contributed by atoms with Crippen molar-refractivity contribution in [1.82, 2.24) is 20.2 Å². The molecule has 1 aromatic heterocycles. The first-order valence-corrected chi connectivity index (χ1v) is 5.94. The van der Waals surface area contributed by atoms with E-state index in [2.05, 4.69) is 34.2 Å². The molecule has 0 saturated carbocycles. The first kappa shape index (κ1) is 11.5. The lowest BCUT2D eigenvalue weighted by Gasteiger charge is -2.26. The molecule has 1 aromatic rings. The van der Waals surface area contributed by atoms with Crippen LogP contribution >= 0.6 is 0 Å². The summed E-state index contributed by atoms with van der Waals surface area (Å²) in [4.78, 5) is 10.8. The highest BCUT2D eigenvalue weighted by atomic mass is 15.1. The number of nitrogens with zero attached hydrogens (tertiary/aromatic N) is 3. The molecule has 16 heavy (non-hydrogen) atoms. The van der Waals surface area contributed by atoms with Crippen LogP contribution in [0.3, 0.4) is 0 Å². The molecule has 1 N–H and O–H groups in total. The van der Waals surface area contributed by atoms with Crippen LogP contribution in [-0.4, -0.2) is 41.5 Å². The number of hydrogen-bond acceptors (Lipinski definition) is 4. The molecular formula is C12H20N4. The van der Waals surface area contributed by atoms with E-state index in [1.165, 1.54) is 6.42 Å². The Balaban J connectivity index is 1.91. The standard InChI is InChI=1S/C12H20N4/c1-10(12-8-14-5-6-15-12)16(2)9-11-3-4-13-7-11/h5-6,8,10-11,13H,3-4,7,9H2,1-2H3/t10-,11+/m0/s1. The van der Waals surface area contributed by atoms with Crippen LogP contribution in [0.4, 0.5) is 0 Å². The van der Waals surface area contributed by atoms with Gasteiger partial charge in [0.05, 0.1) is 11.7 Å². The summed E-state index contributed by atoms with van der Waals surface area (Å²) in [5.74, 6) is 0.782. The fourth-order valence-electron chi connectivity index (χ4n) is 2.19. The minimum Gasteiger partial charge on any atom is -0.316 e. The van der Waals surface area contributed by atoms with Crippen LogP contribution in [-0.2, 0) is 0 Å². The lowest BCUT2D eigenvalue weighted by molar-refractivity contribution is 0.222. The van der Waals surface area contributed by atoms with Crippen molar-refractivity contribution in [2.45, 2.75) is 19.4 Å². The van der Waals surface area contributed by atoms with Gasteiger partial charge in [-0.15, -0.1) is 0 Å². The Labute approximate surface area is 97.1 Å². The van der Waals surface area contributed by atoms with Crippen LogP contribution in [0.25, 0.3) is 0 Å². The van der Waals surface area contributed by atoms with Gasteiger partial charge in [0, 0.05) is 25.1 Å². The predicted molar refractivity (Wildman–Crippen MR) is 64.1 cm³/mol. The Morgan fingerprint density at radius 2 is 2.44 bits per heavy atom. The summed E-state index contributed by atoms with van der Waals surface area (Å²) in [6.45, 7) is 5.63. The number of rotatable bonds is 4. The summed E-state index contributed by atoms with van der Waals surface area (Å²) in [6, 6.07) is 0.342. The van der Waals surface area contributed by atoms with Gasteiger partial charge in [-0.3, -0.25) is 14.9 Å². The fourth-order valence-corrected chi connectivity index (χ4v) is 2.19. The number of aromatic nitrogens is 2. The highest BCUT2D eigenvalue weighted by Crippen LogP contribution is 2.18. The molecule has 0 aliphatic carbocycles. The molecule has 0 aromatic carbocycles. The molecule has 0 bridgehead atoms. The minimum atomic E-state index is 0.342. The molecule has 2 heterocycles. The second-order valence-electron chi connectivity index (χ2n) is 4.60. The van der Waals surface area contributed by atoms with Crippen LogP contribution in [0.5, 0.6) is 0 Å². The Kier molecular flexibility index (Phi) is 3.85. The van der Waals surface area contributed by atoms with Crippen molar-refractivity contribution in [2.24, 2.45) is 5.92 Å². The highest BCUT2D eigenvalue weighted by Gasteiger charge is 2.20. The van der Waals surface area contributed by atoms with Gasteiger partial charge in [0.1, 0.15) is 0 Å². The Morgan fingerprint density at radius 1 is 1.56 bits per heavy atom. The van der Waals surface area contributed by atoms with E-state index in [4.69, 9.17) is 0 Å². The summed E-state index contributed by atoms with van der Waals surface area (Å²) in [5, 5.41) is 3.40. The summed E-state index contributed by atoms with van der Waals surface area (Å²) in [6.07, 6.45) is 6.62. The van der Waals surface area contributed by atoms with E-state index in [-0.39, 0.29) is 0 Å². The van der Waals surface area contributed by atoms with Gasteiger partial charge in [-0.05, 0) is 39.4 Å². The molecule has 0 unspecified atom stereocenters. The molecule has 88 valence electrons. The van der Waals surface area contributed by atoms with Crippen molar-refractivity contribution in [1.29, 1.82) is 0 Å². The third kappa shape index (κ3) is 2.77. The lowest BCUT2D eigenvalue weighted by Crippen LogP contribution is -2.30. The maximum atomic E-state index is 4.35. The third-order valence-electron chi connectivity index (χ3n) is 3.38. The molecule has 2 atom stereocenters. The monoisotopic (exact) mass is 220 g/mol. The molecule has 0 radical (unpaired) electrons. The summed E-state index contributed by atoms with van der Waals surface area (Å²) in [5.41, 5.74) is 1.05. The van der Waals surface area contributed by atoms with Gasteiger partial charge in [0.2, 0.25) is 0 Å². The normalized spacial score (nSPS) is 22.6. The van der Waals surface area contributed by atoms with Crippen LogP contribution < -0.4 is 5.32 Å². The average Bonchev–Trinajstić information content (AvgIpc) is 2.82. The maximum absolute atomic E-state index is 4.35. The van der Waals surface area contributed by atoms with Crippen molar-refractivity contribution >= 4 is 0 Å². The third-order valence-corrected chi connectivity index (χ3v) is 3.38. The predicted octanol–water partition coefficient (Wildman–Crippen LogP) is 1.08.